The van der Waals surface area contributed by atoms with E-state index in [1.165, 1.54) is 0 Å². The molecule has 0 saturated heterocycles. The molecule has 168 valence electrons. The Kier molecular flexibility index (Phi) is 7.65. The van der Waals surface area contributed by atoms with Crippen molar-refractivity contribution in [2.75, 3.05) is 26.8 Å². The Balaban J connectivity index is 1.27. The van der Waals surface area contributed by atoms with Crippen LogP contribution in [0.1, 0.15) is 28.6 Å². The normalized spacial score (nSPS) is 12.5. The van der Waals surface area contributed by atoms with Gasteiger partial charge >= 0.3 is 6.09 Å². The molecule has 3 aromatic rings. The zero-order chi connectivity index (χ0) is 22.5. The molecule has 1 aromatic heterocycles. The number of rotatable bonds is 9. The third-order valence-electron chi connectivity index (χ3n) is 5.51. The van der Waals surface area contributed by atoms with E-state index in [1.807, 2.05) is 41.1 Å². The molecule has 0 fully saturated rings. The van der Waals surface area contributed by atoms with Crippen molar-refractivity contribution in [1.29, 1.82) is 0 Å². The highest BCUT2D eigenvalue weighted by molar-refractivity contribution is 9.08. The highest BCUT2D eigenvalue weighted by Gasteiger charge is 2.31. The van der Waals surface area contributed by atoms with Crippen LogP contribution in [0.15, 0.2) is 54.6 Å². The number of halogens is 2. The van der Waals surface area contributed by atoms with Crippen LogP contribution in [0.4, 0.5) is 4.79 Å². The largest absolute Gasteiger partial charge is 0.436 e. The summed E-state index contributed by atoms with van der Waals surface area (Å²) < 4.78 is 13.6. The first-order valence-corrected chi connectivity index (χ1v) is 12.7. The Morgan fingerprint density at radius 1 is 1.03 bits per heavy atom. The van der Waals surface area contributed by atoms with E-state index in [0.29, 0.717) is 26.3 Å². The quantitative estimate of drug-likeness (QED) is 0.254. The molecule has 0 saturated carbocycles. The van der Waals surface area contributed by atoms with Gasteiger partial charge in [0, 0.05) is 41.1 Å². The van der Waals surface area contributed by atoms with Gasteiger partial charge in [-0.3, -0.25) is 4.68 Å². The molecular formula is C24H25Br2N3O3. The highest BCUT2D eigenvalue weighted by Crippen LogP contribution is 2.45. The standard InChI is InChI=1S/C24H25Br2N3O3/c1-28(10-12-31-13-11-29-18(16-26)14-17(15-25)27-29)24(30)32-23-21-8-4-2-6-19(21)20-7-3-5-9-22(20)23/h2-9,14,23H,10-13,15-16H2,1H3. The van der Waals surface area contributed by atoms with Gasteiger partial charge in [0.25, 0.3) is 0 Å². The van der Waals surface area contributed by atoms with Crippen molar-refractivity contribution in [3.05, 3.63) is 77.1 Å². The zero-order valence-electron chi connectivity index (χ0n) is 17.8. The molecular weight excluding hydrogens is 538 g/mol. The monoisotopic (exact) mass is 561 g/mol. The SMILES string of the molecule is CN(CCOCCn1nc(CBr)cc1CBr)C(=O)OC1c2ccccc2-c2ccccc21. The van der Waals surface area contributed by atoms with Crippen LogP contribution in [0.5, 0.6) is 0 Å². The fourth-order valence-electron chi connectivity index (χ4n) is 3.85. The molecule has 2 aromatic carbocycles. The smallest absolute Gasteiger partial charge is 0.410 e. The molecule has 0 unspecified atom stereocenters. The fraction of sp³-hybridized carbons (Fsp3) is 0.333. The predicted molar refractivity (Wildman–Crippen MR) is 131 cm³/mol. The lowest BCUT2D eigenvalue weighted by atomic mass is 10.1. The first-order valence-electron chi connectivity index (χ1n) is 10.5. The van der Waals surface area contributed by atoms with Gasteiger partial charge < -0.3 is 14.4 Å². The molecule has 0 spiro atoms. The molecule has 32 heavy (non-hydrogen) atoms. The summed E-state index contributed by atoms with van der Waals surface area (Å²) in [7, 11) is 1.73. The predicted octanol–water partition coefficient (Wildman–Crippen LogP) is 5.53. The maximum Gasteiger partial charge on any atom is 0.410 e. The molecule has 8 heteroatoms. The summed E-state index contributed by atoms with van der Waals surface area (Å²) >= 11 is 6.92. The van der Waals surface area contributed by atoms with E-state index in [1.54, 1.807) is 11.9 Å². The Hall–Kier alpha value is -2.16. The minimum absolute atomic E-state index is 0.360. The Morgan fingerprint density at radius 3 is 2.31 bits per heavy atom. The fourth-order valence-corrected chi connectivity index (χ4v) is 4.58. The Morgan fingerprint density at radius 2 is 1.69 bits per heavy atom. The van der Waals surface area contributed by atoms with E-state index in [-0.39, 0.29) is 12.2 Å². The topological polar surface area (TPSA) is 56.6 Å². The lowest BCUT2D eigenvalue weighted by Gasteiger charge is -2.21. The van der Waals surface area contributed by atoms with Gasteiger partial charge in [0.15, 0.2) is 6.10 Å². The second-order valence-electron chi connectivity index (χ2n) is 7.59. The van der Waals surface area contributed by atoms with E-state index in [9.17, 15) is 4.79 Å². The molecule has 1 aliphatic carbocycles. The number of ether oxygens (including phenoxy) is 2. The lowest BCUT2D eigenvalue weighted by Crippen LogP contribution is -2.32. The molecule has 1 amide bonds. The van der Waals surface area contributed by atoms with Crippen LogP contribution >= 0.6 is 31.9 Å². The van der Waals surface area contributed by atoms with Crippen molar-refractivity contribution in [3.8, 4) is 11.1 Å². The number of fused-ring (bicyclic) bond motifs is 3. The molecule has 0 N–H and O–H groups in total. The first kappa shape index (κ1) is 23.0. The summed E-state index contributed by atoms with van der Waals surface area (Å²) in [4.78, 5) is 14.3. The summed E-state index contributed by atoms with van der Waals surface area (Å²) in [5, 5.41) is 6.00. The van der Waals surface area contributed by atoms with Gasteiger partial charge in [-0.05, 0) is 17.2 Å². The van der Waals surface area contributed by atoms with Gasteiger partial charge in [0.2, 0.25) is 0 Å². The van der Waals surface area contributed by atoms with E-state index in [2.05, 4.69) is 55.2 Å². The highest BCUT2D eigenvalue weighted by atomic mass is 79.9. The van der Waals surface area contributed by atoms with Gasteiger partial charge in [-0.25, -0.2) is 4.79 Å². The zero-order valence-corrected chi connectivity index (χ0v) is 21.0. The van der Waals surface area contributed by atoms with Gasteiger partial charge in [0.1, 0.15) is 0 Å². The maximum absolute atomic E-state index is 12.7. The van der Waals surface area contributed by atoms with Gasteiger partial charge in [-0.1, -0.05) is 80.4 Å². The number of hydrogen-bond donors (Lipinski definition) is 0. The lowest BCUT2D eigenvalue weighted by molar-refractivity contribution is 0.0661. The van der Waals surface area contributed by atoms with Crippen molar-refractivity contribution < 1.29 is 14.3 Å². The number of amides is 1. The third-order valence-corrected chi connectivity index (χ3v) is 6.66. The maximum atomic E-state index is 12.7. The van der Waals surface area contributed by atoms with Crippen LogP contribution in [-0.2, 0) is 26.7 Å². The summed E-state index contributed by atoms with van der Waals surface area (Å²) in [5.74, 6) is 0. The van der Waals surface area contributed by atoms with E-state index in [0.717, 1.165) is 44.3 Å². The minimum atomic E-state index is -0.385. The summed E-state index contributed by atoms with van der Waals surface area (Å²) in [6, 6.07) is 18.2. The van der Waals surface area contributed by atoms with Crippen molar-refractivity contribution in [2.45, 2.75) is 23.3 Å². The van der Waals surface area contributed by atoms with Crippen molar-refractivity contribution >= 4 is 38.0 Å². The van der Waals surface area contributed by atoms with Gasteiger partial charge in [-0.15, -0.1) is 0 Å². The number of aromatic nitrogens is 2. The molecule has 0 radical (unpaired) electrons. The van der Waals surface area contributed by atoms with Crippen LogP contribution in [-0.4, -0.2) is 47.6 Å². The van der Waals surface area contributed by atoms with Crippen molar-refractivity contribution in [1.82, 2.24) is 14.7 Å². The van der Waals surface area contributed by atoms with Crippen LogP contribution in [0.2, 0.25) is 0 Å². The molecule has 4 rings (SSSR count). The third kappa shape index (κ3) is 4.92. The second-order valence-corrected chi connectivity index (χ2v) is 8.71. The van der Waals surface area contributed by atoms with Crippen LogP contribution in [0.3, 0.4) is 0 Å². The summed E-state index contributed by atoms with van der Waals surface area (Å²) in [6.07, 6.45) is -0.745. The average Bonchev–Trinajstić information content (AvgIpc) is 3.38. The minimum Gasteiger partial charge on any atom is -0.436 e. The number of carbonyl (C=O) groups excluding carboxylic acids is 1. The molecule has 0 bridgehead atoms. The number of alkyl halides is 2. The van der Waals surface area contributed by atoms with E-state index in [4.69, 9.17) is 9.47 Å². The van der Waals surface area contributed by atoms with Crippen molar-refractivity contribution in [2.24, 2.45) is 0 Å². The number of likely N-dealkylation sites (N-methyl/N-ethyl adjacent to an activating group) is 1. The molecule has 1 aliphatic rings. The second kappa shape index (κ2) is 10.6. The number of carbonyl (C=O) groups is 1. The van der Waals surface area contributed by atoms with Crippen LogP contribution in [0.25, 0.3) is 11.1 Å². The number of hydrogen-bond acceptors (Lipinski definition) is 4. The number of benzene rings is 2. The Bertz CT molecular complexity index is 1040. The summed E-state index contributed by atoms with van der Waals surface area (Å²) in [5.41, 5.74) is 6.40. The molecule has 0 atom stereocenters. The van der Waals surface area contributed by atoms with Gasteiger partial charge in [-0.2, -0.15) is 5.10 Å². The number of nitrogens with zero attached hydrogens (tertiary/aromatic N) is 3. The summed E-state index contributed by atoms with van der Waals surface area (Å²) in [6.45, 7) is 2.07. The average molecular weight is 563 g/mol. The van der Waals surface area contributed by atoms with Crippen LogP contribution in [0, 0.1) is 0 Å². The molecule has 1 heterocycles. The van der Waals surface area contributed by atoms with E-state index < -0.39 is 0 Å². The van der Waals surface area contributed by atoms with E-state index >= 15 is 0 Å². The molecule has 6 nitrogen and oxygen atoms in total. The van der Waals surface area contributed by atoms with Crippen molar-refractivity contribution in [3.63, 3.8) is 0 Å². The molecule has 0 aliphatic heterocycles. The first-order chi connectivity index (χ1) is 15.6. The Labute approximate surface area is 204 Å². The van der Waals surface area contributed by atoms with Crippen LogP contribution < -0.4 is 0 Å². The van der Waals surface area contributed by atoms with Gasteiger partial charge in [0.05, 0.1) is 25.5 Å².